The van der Waals surface area contributed by atoms with Crippen molar-refractivity contribution in [3.05, 3.63) is 35.2 Å². The van der Waals surface area contributed by atoms with E-state index in [2.05, 4.69) is 6.58 Å². The number of rotatable bonds is 1. The van der Waals surface area contributed by atoms with Crippen LogP contribution in [0.5, 0.6) is 5.75 Å². The summed E-state index contributed by atoms with van der Waals surface area (Å²) in [7, 11) is 0. The molecule has 0 unspecified atom stereocenters. The topological polar surface area (TPSA) is 46.2 Å². The molecular formula is C11H13NO. The lowest BCUT2D eigenvalue weighted by Gasteiger charge is -1.99. The average Bonchev–Trinajstić information content (AvgIpc) is 2.12. The van der Waals surface area contributed by atoms with Gasteiger partial charge < -0.3 is 10.8 Å². The zero-order valence-corrected chi connectivity index (χ0v) is 7.62. The number of phenolic OH excluding ortho intramolecular Hbond substituents is 1. The number of benzene rings is 1. The molecule has 0 fully saturated rings. The molecule has 2 heteroatoms. The van der Waals surface area contributed by atoms with Crippen LogP contribution in [0.2, 0.25) is 0 Å². The maximum absolute atomic E-state index is 9.34. The van der Waals surface area contributed by atoms with Gasteiger partial charge in [0.15, 0.2) is 0 Å². The summed E-state index contributed by atoms with van der Waals surface area (Å²) >= 11 is 0. The summed E-state index contributed by atoms with van der Waals surface area (Å²) in [5, 5.41) is 11.2. The first-order chi connectivity index (χ1) is 6.20. The van der Waals surface area contributed by atoms with Crippen LogP contribution in [0, 0.1) is 0 Å². The van der Waals surface area contributed by atoms with Gasteiger partial charge in [-0.2, -0.15) is 0 Å². The molecule has 0 saturated heterocycles. The van der Waals surface area contributed by atoms with Crippen molar-refractivity contribution >= 4 is 17.8 Å². The molecule has 0 radical (unpaired) electrons. The van der Waals surface area contributed by atoms with Crippen LogP contribution in [0.25, 0.3) is 12.2 Å². The van der Waals surface area contributed by atoms with E-state index in [9.17, 15) is 5.11 Å². The Bertz CT molecular complexity index is 432. The van der Waals surface area contributed by atoms with E-state index in [0.29, 0.717) is 5.69 Å². The second kappa shape index (κ2) is 3.81. The number of aromatic hydroxyl groups is 1. The first-order valence-electron chi connectivity index (χ1n) is 4.07. The van der Waals surface area contributed by atoms with Gasteiger partial charge in [-0.3, -0.25) is 0 Å². The van der Waals surface area contributed by atoms with Gasteiger partial charge in [0.05, 0.1) is 5.69 Å². The van der Waals surface area contributed by atoms with E-state index < -0.39 is 0 Å². The number of hydrogen-bond donors (Lipinski definition) is 2. The van der Waals surface area contributed by atoms with Gasteiger partial charge in [-0.1, -0.05) is 30.9 Å². The summed E-state index contributed by atoms with van der Waals surface area (Å²) < 4.78 is 0. The van der Waals surface area contributed by atoms with Crippen molar-refractivity contribution in [3.63, 3.8) is 0 Å². The van der Waals surface area contributed by atoms with Gasteiger partial charge in [0.1, 0.15) is 5.75 Å². The molecular weight excluding hydrogens is 162 g/mol. The Morgan fingerprint density at radius 1 is 1.46 bits per heavy atom. The Hall–Kier alpha value is -1.70. The molecule has 0 aliphatic rings. The van der Waals surface area contributed by atoms with E-state index in [4.69, 9.17) is 5.73 Å². The molecule has 2 nitrogen and oxygen atoms in total. The number of nitrogen functional groups attached to an aromatic ring is 1. The Morgan fingerprint density at radius 2 is 2.15 bits per heavy atom. The maximum Gasteiger partial charge on any atom is 0.139 e. The lowest BCUT2D eigenvalue weighted by molar-refractivity contribution is 0.477. The van der Waals surface area contributed by atoms with Gasteiger partial charge >= 0.3 is 0 Å². The fraction of sp³-hybridized carbons (Fsp3) is 0.0909. The van der Waals surface area contributed by atoms with Gasteiger partial charge in [-0.15, -0.1) is 0 Å². The highest BCUT2D eigenvalue weighted by Crippen LogP contribution is 2.10. The predicted molar refractivity (Wildman–Crippen MR) is 56.6 cm³/mol. The van der Waals surface area contributed by atoms with E-state index in [1.807, 2.05) is 25.1 Å². The van der Waals surface area contributed by atoms with E-state index in [1.54, 1.807) is 12.1 Å². The van der Waals surface area contributed by atoms with Gasteiger partial charge in [0.2, 0.25) is 0 Å². The third-order valence-electron chi connectivity index (χ3n) is 1.88. The normalized spacial score (nSPS) is 13.3. The Kier molecular flexibility index (Phi) is 2.75. The molecule has 0 heterocycles. The minimum absolute atomic E-state index is 0.120. The standard InChI is InChI=1S/C11H13NO/c1-3-5-8-6-7-10(13)11(12)9(8)4-2/h3-7,13H,1,12H2,2H3/b8-5-,9-4+. The summed E-state index contributed by atoms with van der Waals surface area (Å²) in [6.45, 7) is 5.49. The largest absolute Gasteiger partial charge is 0.506 e. The molecule has 0 saturated carbocycles. The lowest BCUT2D eigenvalue weighted by Crippen LogP contribution is -2.26. The third kappa shape index (κ3) is 1.72. The molecule has 0 aliphatic carbocycles. The van der Waals surface area contributed by atoms with Crippen molar-refractivity contribution in [2.45, 2.75) is 6.92 Å². The van der Waals surface area contributed by atoms with Crippen molar-refractivity contribution in [1.29, 1.82) is 0 Å². The minimum atomic E-state index is 0.120. The number of hydrogen-bond acceptors (Lipinski definition) is 2. The summed E-state index contributed by atoms with van der Waals surface area (Å²) in [4.78, 5) is 0. The Balaban J connectivity index is 3.69. The van der Waals surface area contributed by atoms with Crippen LogP contribution in [0.3, 0.4) is 0 Å². The summed E-state index contributed by atoms with van der Waals surface area (Å²) in [6, 6.07) is 3.39. The monoisotopic (exact) mass is 175 g/mol. The average molecular weight is 175 g/mol. The minimum Gasteiger partial charge on any atom is -0.506 e. The van der Waals surface area contributed by atoms with E-state index >= 15 is 0 Å². The predicted octanol–water partition coefficient (Wildman–Crippen LogP) is 0.741. The van der Waals surface area contributed by atoms with Crippen molar-refractivity contribution in [2.24, 2.45) is 0 Å². The second-order valence-electron chi connectivity index (χ2n) is 2.69. The first kappa shape index (κ1) is 9.39. The maximum atomic E-state index is 9.34. The van der Waals surface area contributed by atoms with Gasteiger partial charge in [-0.25, -0.2) is 0 Å². The fourth-order valence-electron chi connectivity index (χ4n) is 1.24. The first-order valence-corrected chi connectivity index (χ1v) is 4.07. The molecule has 0 amide bonds. The highest BCUT2D eigenvalue weighted by atomic mass is 16.3. The number of phenols is 1. The second-order valence-corrected chi connectivity index (χ2v) is 2.69. The zero-order valence-electron chi connectivity index (χ0n) is 7.62. The molecule has 1 aromatic rings. The molecule has 0 aliphatic heterocycles. The molecule has 0 aromatic heterocycles. The fourth-order valence-corrected chi connectivity index (χ4v) is 1.24. The van der Waals surface area contributed by atoms with Crippen LogP contribution in [0.1, 0.15) is 6.92 Å². The summed E-state index contributed by atoms with van der Waals surface area (Å²) in [5.74, 6) is 0.120. The smallest absolute Gasteiger partial charge is 0.139 e. The lowest BCUT2D eigenvalue weighted by atomic mass is 10.2. The zero-order chi connectivity index (χ0) is 9.84. The van der Waals surface area contributed by atoms with Crippen molar-refractivity contribution in [3.8, 4) is 5.75 Å². The van der Waals surface area contributed by atoms with Crippen LogP contribution >= 0.6 is 0 Å². The number of nitrogens with two attached hydrogens (primary N) is 1. The summed E-state index contributed by atoms with van der Waals surface area (Å²) in [5.41, 5.74) is 6.10. The number of allylic oxidation sites excluding steroid dienone is 1. The Labute approximate surface area is 77.3 Å². The van der Waals surface area contributed by atoms with Gasteiger partial charge in [-0.05, 0) is 18.2 Å². The van der Waals surface area contributed by atoms with Crippen LogP contribution in [0.4, 0.5) is 5.69 Å². The van der Waals surface area contributed by atoms with Crippen molar-refractivity contribution < 1.29 is 5.11 Å². The quantitative estimate of drug-likeness (QED) is 0.488. The van der Waals surface area contributed by atoms with E-state index in [0.717, 1.165) is 10.4 Å². The van der Waals surface area contributed by atoms with Crippen LogP contribution < -0.4 is 16.2 Å². The molecule has 3 N–H and O–H groups in total. The molecule has 1 rings (SSSR count). The van der Waals surface area contributed by atoms with E-state index in [1.165, 1.54) is 0 Å². The van der Waals surface area contributed by atoms with Crippen molar-refractivity contribution in [1.82, 2.24) is 0 Å². The van der Waals surface area contributed by atoms with Crippen molar-refractivity contribution in [2.75, 3.05) is 5.73 Å². The molecule has 0 atom stereocenters. The highest BCUT2D eigenvalue weighted by Gasteiger charge is 1.96. The van der Waals surface area contributed by atoms with Gasteiger partial charge in [0.25, 0.3) is 0 Å². The molecule has 68 valence electrons. The SMILES string of the molecule is C=C/C=c1/ccc(O)c(N)/c1=C/C. The van der Waals surface area contributed by atoms with Gasteiger partial charge in [0, 0.05) is 5.22 Å². The molecule has 0 spiro atoms. The van der Waals surface area contributed by atoms with Crippen LogP contribution in [-0.4, -0.2) is 5.11 Å². The number of anilines is 1. The molecule has 13 heavy (non-hydrogen) atoms. The molecule has 1 aromatic carbocycles. The highest BCUT2D eigenvalue weighted by molar-refractivity contribution is 5.57. The Morgan fingerprint density at radius 3 is 2.69 bits per heavy atom. The van der Waals surface area contributed by atoms with Crippen LogP contribution in [0.15, 0.2) is 24.8 Å². The van der Waals surface area contributed by atoms with E-state index in [-0.39, 0.29) is 5.75 Å². The van der Waals surface area contributed by atoms with Crippen LogP contribution in [-0.2, 0) is 0 Å². The third-order valence-corrected chi connectivity index (χ3v) is 1.88. The molecule has 0 bridgehead atoms. The summed E-state index contributed by atoms with van der Waals surface area (Å²) in [6.07, 6.45) is 5.41.